The van der Waals surface area contributed by atoms with Crippen LogP contribution in [0.2, 0.25) is 0 Å². The van der Waals surface area contributed by atoms with Crippen molar-refractivity contribution in [3.63, 3.8) is 0 Å². The van der Waals surface area contributed by atoms with Crippen LogP contribution in [0, 0.1) is 10.1 Å². The Morgan fingerprint density at radius 1 is 1.42 bits per heavy atom. The molecule has 6 heteroatoms. The third kappa shape index (κ3) is 5.48. The maximum atomic E-state index is 11.6. The summed E-state index contributed by atoms with van der Waals surface area (Å²) in [7, 11) is 0. The molecule has 6 nitrogen and oxygen atoms in total. The Bertz CT molecular complexity index is 466. The van der Waals surface area contributed by atoms with Gasteiger partial charge in [-0.1, -0.05) is 18.2 Å². The maximum absolute atomic E-state index is 11.6. The van der Waals surface area contributed by atoms with Crippen LogP contribution >= 0.6 is 0 Å². The molecule has 0 aliphatic rings. The average Bonchev–Trinajstić information content (AvgIpc) is 2.33. The average molecular weight is 265 g/mol. The number of nitrogens with zero attached hydrogens (tertiary/aromatic N) is 1. The van der Waals surface area contributed by atoms with Crippen LogP contribution in [-0.4, -0.2) is 16.4 Å². The number of carbonyl (C=O) groups is 1. The lowest BCUT2D eigenvalue weighted by molar-refractivity contribution is -0.385. The van der Waals surface area contributed by atoms with Crippen LogP contribution in [0.4, 0.5) is 5.69 Å². The highest BCUT2D eigenvalue weighted by atomic mass is 16.6. The fourth-order valence-corrected chi connectivity index (χ4v) is 1.56. The Morgan fingerprint density at radius 2 is 2.05 bits per heavy atom. The highest BCUT2D eigenvalue weighted by Crippen LogP contribution is 2.17. The molecule has 0 fully saturated rings. The highest BCUT2D eigenvalue weighted by molar-refractivity contribution is 5.76. The van der Waals surface area contributed by atoms with Gasteiger partial charge in [-0.3, -0.25) is 14.9 Å². The standard InChI is InChI=1S/C13H19N3O3/c1-13(2,14)8-7-12(17)15-9-10-5-3-4-6-11(10)16(18)19/h3-6H,7-9,14H2,1-2H3,(H,15,17). The van der Waals surface area contributed by atoms with E-state index in [2.05, 4.69) is 5.32 Å². The van der Waals surface area contributed by atoms with E-state index in [9.17, 15) is 14.9 Å². The van der Waals surface area contributed by atoms with Crippen LogP contribution < -0.4 is 11.1 Å². The van der Waals surface area contributed by atoms with Crippen molar-refractivity contribution in [3.8, 4) is 0 Å². The molecule has 0 heterocycles. The summed E-state index contributed by atoms with van der Waals surface area (Å²) >= 11 is 0. The van der Waals surface area contributed by atoms with E-state index in [-0.39, 0.29) is 18.1 Å². The molecule has 0 unspecified atom stereocenters. The smallest absolute Gasteiger partial charge is 0.274 e. The molecule has 0 aromatic heterocycles. The van der Waals surface area contributed by atoms with Gasteiger partial charge in [0.1, 0.15) is 0 Å². The van der Waals surface area contributed by atoms with E-state index in [4.69, 9.17) is 5.73 Å². The summed E-state index contributed by atoms with van der Waals surface area (Å²) in [5.74, 6) is -0.156. The van der Waals surface area contributed by atoms with Gasteiger partial charge in [-0.2, -0.15) is 0 Å². The lowest BCUT2D eigenvalue weighted by Crippen LogP contribution is -2.34. The molecule has 0 saturated carbocycles. The first-order valence-corrected chi connectivity index (χ1v) is 6.07. The number of amides is 1. The molecular weight excluding hydrogens is 246 g/mol. The largest absolute Gasteiger partial charge is 0.352 e. The lowest BCUT2D eigenvalue weighted by atomic mass is 10.00. The van der Waals surface area contributed by atoms with Gasteiger partial charge in [0.15, 0.2) is 0 Å². The van der Waals surface area contributed by atoms with E-state index in [1.54, 1.807) is 18.2 Å². The monoisotopic (exact) mass is 265 g/mol. The molecule has 0 radical (unpaired) electrons. The zero-order valence-corrected chi connectivity index (χ0v) is 11.2. The van der Waals surface area contributed by atoms with E-state index in [1.807, 2.05) is 13.8 Å². The van der Waals surface area contributed by atoms with Gasteiger partial charge in [0.25, 0.3) is 5.69 Å². The molecule has 1 aromatic rings. The zero-order chi connectivity index (χ0) is 14.5. The lowest BCUT2D eigenvalue weighted by Gasteiger charge is -2.17. The van der Waals surface area contributed by atoms with Crippen LogP contribution in [0.25, 0.3) is 0 Å². The van der Waals surface area contributed by atoms with Crippen LogP contribution in [0.15, 0.2) is 24.3 Å². The van der Waals surface area contributed by atoms with Crippen molar-refractivity contribution in [2.24, 2.45) is 5.73 Å². The van der Waals surface area contributed by atoms with Crippen LogP contribution in [0.1, 0.15) is 32.3 Å². The van der Waals surface area contributed by atoms with E-state index < -0.39 is 10.5 Å². The quantitative estimate of drug-likeness (QED) is 0.604. The Morgan fingerprint density at radius 3 is 2.63 bits per heavy atom. The minimum absolute atomic E-state index is 0.0157. The topological polar surface area (TPSA) is 98.3 Å². The fourth-order valence-electron chi connectivity index (χ4n) is 1.56. The normalized spacial score (nSPS) is 11.1. The van der Waals surface area contributed by atoms with E-state index in [0.717, 1.165) is 0 Å². The summed E-state index contributed by atoms with van der Waals surface area (Å²) in [6, 6.07) is 6.35. The minimum Gasteiger partial charge on any atom is -0.352 e. The Balaban J connectivity index is 2.53. The number of hydrogen-bond donors (Lipinski definition) is 2. The van der Waals surface area contributed by atoms with Gasteiger partial charge in [-0.05, 0) is 20.3 Å². The van der Waals surface area contributed by atoms with Crippen molar-refractivity contribution in [2.75, 3.05) is 0 Å². The van der Waals surface area contributed by atoms with Gasteiger partial charge in [-0.25, -0.2) is 0 Å². The number of nitrogens with one attached hydrogen (secondary N) is 1. The Labute approximate surface area is 112 Å². The summed E-state index contributed by atoms with van der Waals surface area (Å²) in [5, 5.41) is 13.5. The molecule has 3 N–H and O–H groups in total. The summed E-state index contributed by atoms with van der Waals surface area (Å²) in [6.45, 7) is 3.85. The molecule has 19 heavy (non-hydrogen) atoms. The molecular formula is C13H19N3O3. The predicted octanol–water partition coefficient (Wildman–Crippen LogP) is 1.73. The van der Waals surface area contributed by atoms with Crippen molar-refractivity contribution in [2.45, 2.75) is 38.8 Å². The van der Waals surface area contributed by atoms with Crippen molar-refractivity contribution in [1.29, 1.82) is 0 Å². The molecule has 0 aliphatic carbocycles. The number of nitro groups is 1. The summed E-state index contributed by atoms with van der Waals surface area (Å²) in [6.07, 6.45) is 0.875. The molecule has 1 rings (SSSR count). The third-order valence-corrected chi connectivity index (χ3v) is 2.66. The summed E-state index contributed by atoms with van der Waals surface area (Å²) in [5.41, 5.74) is 5.90. The van der Waals surface area contributed by atoms with Gasteiger partial charge in [0.2, 0.25) is 5.91 Å². The van der Waals surface area contributed by atoms with E-state index in [0.29, 0.717) is 18.4 Å². The first kappa shape index (κ1) is 15.1. The number of rotatable bonds is 6. The third-order valence-electron chi connectivity index (χ3n) is 2.66. The molecule has 1 amide bonds. The van der Waals surface area contributed by atoms with Crippen molar-refractivity contribution < 1.29 is 9.72 Å². The number of nitro benzene ring substituents is 1. The zero-order valence-electron chi connectivity index (χ0n) is 11.2. The fraction of sp³-hybridized carbons (Fsp3) is 0.462. The molecule has 0 aliphatic heterocycles. The van der Waals surface area contributed by atoms with Gasteiger partial charge < -0.3 is 11.1 Å². The van der Waals surface area contributed by atoms with Crippen LogP contribution in [0.5, 0.6) is 0 Å². The number of hydrogen-bond acceptors (Lipinski definition) is 4. The number of benzene rings is 1. The van der Waals surface area contributed by atoms with Crippen molar-refractivity contribution in [1.82, 2.24) is 5.32 Å². The molecule has 0 saturated heterocycles. The second-order valence-corrected chi connectivity index (χ2v) is 5.15. The first-order valence-electron chi connectivity index (χ1n) is 6.07. The van der Waals surface area contributed by atoms with Gasteiger partial charge in [0, 0.05) is 30.1 Å². The van der Waals surface area contributed by atoms with Crippen LogP contribution in [0.3, 0.4) is 0 Å². The molecule has 0 bridgehead atoms. The van der Waals surface area contributed by atoms with E-state index in [1.165, 1.54) is 6.07 Å². The predicted molar refractivity (Wildman–Crippen MR) is 72.4 cm³/mol. The van der Waals surface area contributed by atoms with Crippen molar-refractivity contribution in [3.05, 3.63) is 39.9 Å². The highest BCUT2D eigenvalue weighted by Gasteiger charge is 2.15. The second-order valence-electron chi connectivity index (χ2n) is 5.15. The number of nitrogens with two attached hydrogens (primary N) is 1. The first-order chi connectivity index (χ1) is 8.79. The molecule has 104 valence electrons. The van der Waals surface area contributed by atoms with E-state index >= 15 is 0 Å². The number of para-hydroxylation sites is 1. The SMILES string of the molecule is CC(C)(N)CCC(=O)NCc1ccccc1[N+](=O)[O-]. The minimum atomic E-state index is -0.454. The van der Waals surface area contributed by atoms with Gasteiger partial charge in [0.05, 0.1) is 4.92 Å². The van der Waals surface area contributed by atoms with Crippen LogP contribution in [-0.2, 0) is 11.3 Å². The Kier molecular flexibility index (Phi) is 5.00. The van der Waals surface area contributed by atoms with Gasteiger partial charge in [-0.15, -0.1) is 0 Å². The van der Waals surface area contributed by atoms with Gasteiger partial charge >= 0.3 is 0 Å². The number of carbonyl (C=O) groups excluding carboxylic acids is 1. The second kappa shape index (κ2) is 6.29. The Hall–Kier alpha value is -1.95. The molecule has 1 aromatic carbocycles. The summed E-state index contributed by atoms with van der Waals surface area (Å²) < 4.78 is 0. The maximum Gasteiger partial charge on any atom is 0.274 e. The molecule has 0 atom stereocenters. The summed E-state index contributed by atoms with van der Waals surface area (Å²) in [4.78, 5) is 22.0. The molecule has 0 spiro atoms. The van der Waals surface area contributed by atoms with Crippen molar-refractivity contribution >= 4 is 11.6 Å².